The van der Waals surface area contributed by atoms with E-state index in [1.165, 1.54) is 0 Å². The minimum absolute atomic E-state index is 0.291. The number of unbranched alkanes of at least 4 members (excludes halogenated alkanes) is 4. The van der Waals surface area contributed by atoms with E-state index < -0.39 is 5.72 Å². The van der Waals surface area contributed by atoms with E-state index in [1.807, 2.05) is 6.92 Å². The van der Waals surface area contributed by atoms with E-state index in [0.717, 1.165) is 38.5 Å². The van der Waals surface area contributed by atoms with Crippen molar-refractivity contribution in [3.63, 3.8) is 0 Å². The van der Waals surface area contributed by atoms with Crippen molar-refractivity contribution in [3.8, 4) is 0 Å². The summed E-state index contributed by atoms with van der Waals surface area (Å²) in [6.45, 7) is 2.51. The lowest BCUT2D eigenvalue weighted by molar-refractivity contribution is 0.0196. The molecule has 4 heteroatoms. The number of ether oxygens (including phenoxy) is 1. The van der Waals surface area contributed by atoms with Crippen molar-refractivity contribution < 1.29 is 14.9 Å². The molecule has 1 heterocycles. The monoisotopic (exact) mass is 229 g/mol. The molecule has 0 aliphatic carbocycles. The van der Waals surface area contributed by atoms with E-state index >= 15 is 0 Å². The van der Waals surface area contributed by atoms with Gasteiger partial charge in [-0.05, 0) is 19.3 Å². The minimum atomic E-state index is -0.966. The Bertz CT molecular complexity index is 230. The molecule has 94 valence electrons. The summed E-state index contributed by atoms with van der Waals surface area (Å²) in [6.07, 6.45) is 6.73. The molecule has 0 radical (unpaired) electrons. The number of hydrogen-bond donors (Lipinski definition) is 2. The molecule has 0 aromatic carbocycles. The molecular weight excluding hydrogens is 206 g/mol. The molecule has 0 aromatic heterocycles. The van der Waals surface area contributed by atoms with Crippen LogP contribution >= 0.6 is 0 Å². The highest BCUT2D eigenvalue weighted by molar-refractivity contribution is 5.77. The number of aliphatic hydroxyl groups excluding tert-OH is 1. The molecule has 16 heavy (non-hydrogen) atoms. The van der Waals surface area contributed by atoms with Crippen molar-refractivity contribution in [2.24, 2.45) is 4.99 Å². The van der Waals surface area contributed by atoms with Gasteiger partial charge in [-0.3, -0.25) is 0 Å². The normalized spacial score (nSPS) is 24.3. The van der Waals surface area contributed by atoms with Gasteiger partial charge in [0.1, 0.15) is 6.61 Å². The van der Waals surface area contributed by atoms with Gasteiger partial charge in [0.15, 0.2) is 11.6 Å². The van der Waals surface area contributed by atoms with E-state index in [4.69, 9.17) is 9.84 Å². The molecule has 1 atom stereocenters. The Morgan fingerprint density at radius 2 is 1.94 bits per heavy atom. The molecular formula is C12H23NO3. The van der Waals surface area contributed by atoms with Crippen LogP contribution in [-0.2, 0) is 4.74 Å². The van der Waals surface area contributed by atoms with E-state index in [-0.39, 0.29) is 0 Å². The summed E-state index contributed by atoms with van der Waals surface area (Å²) < 4.78 is 5.35. The summed E-state index contributed by atoms with van der Waals surface area (Å²) in [5.74, 6) is 0.700. The zero-order valence-corrected chi connectivity index (χ0v) is 10.1. The molecule has 1 unspecified atom stereocenters. The van der Waals surface area contributed by atoms with Crippen LogP contribution < -0.4 is 0 Å². The minimum Gasteiger partial charge on any atom is -0.476 e. The van der Waals surface area contributed by atoms with E-state index in [9.17, 15) is 5.11 Å². The molecule has 0 fully saturated rings. The Morgan fingerprint density at radius 1 is 1.25 bits per heavy atom. The van der Waals surface area contributed by atoms with Crippen LogP contribution in [0.4, 0.5) is 0 Å². The summed E-state index contributed by atoms with van der Waals surface area (Å²) in [7, 11) is 0. The van der Waals surface area contributed by atoms with E-state index in [0.29, 0.717) is 25.5 Å². The zero-order valence-electron chi connectivity index (χ0n) is 10.1. The average Bonchev–Trinajstić information content (AvgIpc) is 2.66. The van der Waals surface area contributed by atoms with Gasteiger partial charge in [-0.15, -0.1) is 0 Å². The van der Waals surface area contributed by atoms with Gasteiger partial charge in [0.25, 0.3) is 0 Å². The second-order valence-corrected chi connectivity index (χ2v) is 4.37. The highest BCUT2D eigenvalue weighted by Crippen LogP contribution is 2.21. The van der Waals surface area contributed by atoms with Gasteiger partial charge in [-0.25, -0.2) is 4.99 Å². The first-order chi connectivity index (χ1) is 7.70. The van der Waals surface area contributed by atoms with Crippen LogP contribution in [0.3, 0.4) is 0 Å². The van der Waals surface area contributed by atoms with Gasteiger partial charge in [0.05, 0.1) is 0 Å². The molecule has 0 saturated carbocycles. The highest BCUT2D eigenvalue weighted by atomic mass is 16.5. The predicted octanol–water partition coefficient (Wildman–Crippen LogP) is 1.85. The fraction of sp³-hybridized carbons (Fsp3) is 0.917. The van der Waals surface area contributed by atoms with Crippen LogP contribution in [0.5, 0.6) is 0 Å². The maximum atomic E-state index is 9.80. The van der Waals surface area contributed by atoms with Crippen LogP contribution in [0.25, 0.3) is 0 Å². The molecule has 0 aromatic rings. The van der Waals surface area contributed by atoms with Gasteiger partial charge in [0, 0.05) is 13.0 Å². The molecule has 4 nitrogen and oxygen atoms in total. The van der Waals surface area contributed by atoms with Crippen molar-refractivity contribution in [1.82, 2.24) is 0 Å². The number of rotatable bonds is 8. The number of nitrogens with zero attached hydrogens (tertiary/aromatic N) is 1. The highest BCUT2D eigenvalue weighted by Gasteiger charge is 2.31. The van der Waals surface area contributed by atoms with Crippen LogP contribution in [0, 0.1) is 0 Å². The van der Waals surface area contributed by atoms with Crippen LogP contribution in [0.15, 0.2) is 4.99 Å². The average molecular weight is 229 g/mol. The molecule has 1 aliphatic rings. The summed E-state index contributed by atoms with van der Waals surface area (Å²) >= 11 is 0. The lowest BCUT2D eigenvalue weighted by atomic mass is 10.1. The van der Waals surface area contributed by atoms with Crippen LogP contribution in [0.2, 0.25) is 0 Å². The first-order valence-electron chi connectivity index (χ1n) is 6.25. The molecule has 0 bridgehead atoms. The second-order valence-electron chi connectivity index (χ2n) is 4.37. The zero-order chi connectivity index (χ0) is 11.9. The summed E-state index contributed by atoms with van der Waals surface area (Å²) in [4.78, 5) is 4.18. The Labute approximate surface area is 97.3 Å². The van der Waals surface area contributed by atoms with Crippen molar-refractivity contribution in [2.45, 2.75) is 57.6 Å². The summed E-state index contributed by atoms with van der Waals surface area (Å²) in [5, 5.41) is 18.4. The van der Waals surface area contributed by atoms with Gasteiger partial charge in [-0.1, -0.05) is 26.2 Å². The van der Waals surface area contributed by atoms with Gasteiger partial charge >= 0.3 is 0 Å². The summed E-state index contributed by atoms with van der Waals surface area (Å²) in [6, 6.07) is 0. The first-order valence-corrected chi connectivity index (χ1v) is 6.25. The predicted molar refractivity (Wildman–Crippen MR) is 63.4 cm³/mol. The molecule has 0 saturated heterocycles. The maximum absolute atomic E-state index is 9.80. The molecule has 1 rings (SSSR count). The smallest absolute Gasteiger partial charge is 0.193 e. The van der Waals surface area contributed by atoms with Crippen molar-refractivity contribution in [2.75, 3.05) is 13.2 Å². The molecule has 1 aliphatic heterocycles. The van der Waals surface area contributed by atoms with E-state index in [2.05, 4.69) is 4.99 Å². The van der Waals surface area contributed by atoms with Gasteiger partial charge in [0.2, 0.25) is 0 Å². The lowest BCUT2D eigenvalue weighted by Crippen LogP contribution is -2.25. The fourth-order valence-electron chi connectivity index (χ4n) is 1.72. The first kappa shape index (κ1) is 13.5. The van der Waals surface area contributed by atoms with Gasteiger partial charge in [-0.2, -0.15) is 0 Å². The third-order valence-corrected chi connectivity index (χ3v) is 2.92. The van der Waals surface area contributed by atoms with Gasteiger partial charge < -0.3 is 14.9 Å². The molecule has 2 N–H and O–H groups in total. The van der Waals surface area contributed by atoms with E-state index in [1.54, 1.807) is 0 Å². The topological polar surface area (TPSA) is 62.0 Å². The SMILES string of the molecule is CCC1(O)COC(CCCCCCCO)=N1. The largest absolute Gasteiger partial charge is 0.476 e. The van der Waals surface area contributed by atoms with Crippen LogP contribution in [0.1, 0.15) is 51.9 Å². The quantitative estimate of drug-likeness (QED) is 0.624. The number of hydrogen-bond acceptors (Lipinski definition) is 4. The summed E-state index contributed by atoms with van der Waals surface area (Å²) in [5.41, 5.74) is -0.966. The molecule has 0 spiro atoms. The third-order valence-electron chi connectivity index (χ3n) is 2.92. The Balaban J connectivity index is 2.08. The Morgan fingerprint density at radius 3 is 2.56 bits per heavy atom. The van der Waals surface area contributed by atoms with Crippen LogP contribution in [-0.4, -0.2) is 35.0 Å². The fourth-order valence-corrected chi connectivity index (χ4v) is 1.72. The van der Waals surface area contributed by atoms with Crippen molar-refractivity contribution in [1.29, 1.82) is 0 Å². The lowest BCUT2D eigenvalue weighted by Gasteiger charge is -2.12. The standard InChI is InChI=1S/C12H23NO3/c1-2-12(15)10-16-11(13-12)8-6-4-3-5-7-9-14/h14-15H,2-10H2,1H3. The maximum Gasteiger partial charge on any atom is 0.193 e. The van der Waals surface area contributed by atoms with Crippen molar-refractivity contribution in [3.05, 3.63) is 0 Å². The Hall–Kier alpha value is -0.610. The molecule has 0 amide bonds. The van der Waals surface area contributed by atoms with Crippen molar-refractivity contribution >= 4 is 5.90 Å². The Kier molecular flexibility index (Phi) is 5.77. The second kappa shape index (κ2) is 6.86. The number of aliphatic imine (C=N–C) groups is 1. The number of aliphatic hydroxyl groups is 2. The third kappa shape index (κ3) is 4.49.